The van der Waals surface area contributed by atoms with Gasteiger partial charge < -0.3 is 24.8 Å². The number of hydrogen-bond donors (Lipinski definition) is 1. The van der Waals surface area contributed by atoms with Crippen molar-refractivity contribution in [3.8, 4) is 0 Å². The Balaban J connectivity index is 0.000000205. The number of carbonyl (C=O) groups excluding carboxylic acids is 1. The molecule has 4 saturated heterocycles. The molecule has 2 atom stereocenters. The van der Waals surface area contributed by atoms with E-state index in [0.717, 1.165) is 69.3 Å². The van der Waals surface area contributed by atoms with E-state index in [1.807, 2.05) is 27.0 Å². The van der Waals surface area contributed by atoms with Crippen LogP contribution in [0.25, 0.3) is 0 Å². The summed E-state index contributed by atoms with van der Waals surface area (Å²) in [6, 6.07) is 4.93. The van der Waals surface area contributed by atoms with Gasteiger partial charge in [-0.15, -0.1) is 0 Å². The van der Waals surface area contributed by atoms with Gasteiger partial charge in [-0.2, -0.15) is 0 Å². The Kier molecular flexibility index (Phi) is 14.0. The fourth-order valence-electron chi connectivity index (χ4n) is 7.06. The standard InChI is InChI=1S/C21H32ClFN4O2.C16H24ClFN4/c1-15-13-27(20(28)29-21(2,3)4)10-9-26(15)14-16-11-18(19(22)24-12-16)25-7-5-17(23)6-8-25;1-12-9-19-4-7-22(12)11-13-8-15(16(17)20-10-13)21-5-2-14(18)3-6-21/h11-12,15,17H,5-10,13-14H2,1-4H3;8,10,12,14,19H,2-7,9,11H2,1H3/t15-;12-/m00/s1. The lowest BCUT2D eigenvalue weighted by atomic mass is 10.1. The third kappa shape index (κ3) is 11.5. The Morgan fingerprint density at radius 2 is 1.29 bits per heavy atom. The first-order chi connectivity index (χ1) is 24.3. The number of piperazine rings is 2. The fraction of sp³-hybridized carbons (Fsp3) is 0.703. The molecule has 284 valence electrons. The predicted octanol–water partition coefficient (Wildman–Crippen LogP) is 6.58. The van der Waals surface area contributed by atoms with Gasteiger partial charge in [0.25, 0.3) is 0 Å². The van der Waals surface area contributed by atoms with Crippen LogP contribution in [-0.4, -0.2) is 126 Å². The zero-order valence-electron chi connectivity index (χ0n) is 30.9. The number of halogens is 4. The minimum atomic E-state index is -0.719. The Hall–Kier alpha value is -2.51. The molecule has 10 nitrogen and oxygen atoms in total. The molecule has 0 bridgehead atoms. The third-order valence-corrected chi connectivity index (χ3v) is 10.7. The van der Waals surface area contributed by atoms with E-state index in [1.54, 1.807) is 11.1 Å². The SMILES string of the molecule is C[C@H]1CN(C(=O)OC(C)(C)C)CCN1Cc1cnc(Cl)c(N2CCC(F)CC2)c1.C[C@H]1CNCCN1Cc1cnc(Cl)c(N2CCC(F)CC2)c1. The molecule has 1 N–H and O–H groups in total. The molecule has 6 heterocycles. The van der Waals surface area contributed by atoms with E-state index in [2.05, 4.69) is 60.9 Å². The summed E-state index contributed by atoms with van der Waals surface area (Å²) in [6.45, 7) is 19.5. The molecule has 1 amide bonds. The van der Waals surface area contributed by atoms with Crippen molar-refractivity contribution >= 4 is 40.7 Å². The summed E-state index contributed by atoms with van der Waals surface area (Å²) < 4.78 is 32.3. The molecule has 2 aromatic rings. The average molecular weight is 754 g/mol. The van der Waals surface area contributed by atoms with Gasteiger partial charge in [-0.05, 0) is 83.6 Å². The number of piperidine rings is 2. The molecule has 0 spiro atoms. The van der Waals surface area contributed by atoms with Gasteiger partial charge in [-0.1, -0.05) is 23.2 Å². The molecule has 6 rings (SSSR count). The van der Waals surface area contributed by atoms with Crippen LogP contribution < -0.4 is 15.1 Å². The molecule has 0 saturated carbocycles. The zero-order chi connectivity index (χ0) is 36.7. The number of pyridine rings is 2. The number of anilines is 2. The van der Waals surface area contributed by atoms with Gasteiger partial charge in [0.15, 0.2) is 10.3 Å². The first kappa shape index (κ1) is 39.7. The van der Waals surface area contributed by atoms with Crippen LogP contribution >= 0.6 is 23.2 Å². The highest BCUT2D eigenvalue weighted by atomic mass is 35.5. The number of nitrogens with one attached hydrogen (secondary N) is 1. The minimum Gasteiger partial charge on any atom is -0.444 e. The summed E-state index contributed by atoms with van der Waals surface area (Å²) in [6.07, 6.45) is 4.24. The third-order valence-electron chi connectivity index (χ3n) is 10.1. The lowest BCUT2D eigenvalue weighted by Gasteiger charge is -2.40. The van der Waals surface area contributed by atoms with Gasteiger partial charge in [0, 0.05) is 103 Å². The number of alkyl halides is 2. The summed E-state index contributed by atoms with van der Waals surface area (Å²) in [5.74, 6) is 0. The summed E-state index contributed by atoms with van der Waals surface area (Å²) in [7, 11) is 0. The van der Waals surface area contributed by atoms with E-state index in [9.17, 15) is 13.6 Å². The van der Waals surface area contributed by atoms with Gasteiger partial charge >= 0.3 is 6.09 Å². The number of amides is 1. The maximum atomic E-state index is 13.5. The molecular formula is C37H56Cl2F2N8O2. The van der Waals surface area contributed by atoms with Gasteiger partial charge in [0.1, 0.15) is 17.9 Å². The van der Waals surface area contributed by atoms with E-state index in [0.29, 0.717) is 68.2 Å². The van der Waals surface area contributed by atoms with Crippen molar-refractivity contribution in [2.75, 3.05) is 75.2 Å². The van der Waals surface area contributed by atoms with Crippen molar-refractivity contribution in [1.82, 2.24) is 30.0 Å². The van der Waals surface area contributed by atoms with Crippen molar-refractivity contribution < 1.29 is 18.3 Å². The highest BCUT2D eigenvalue weighted by Gasteiger charge is 2.30. The second kappa shape index (κ2) is 18.0. The first-order valence-electron chi connectivity index (χ1n) is 18.5. The maximum absolute atomic E-state index is 13.5. The van der Waals surface area contributed by atoms with Crippen LogP contribution in [0, 0.1) is 0 Å². The Bertz CT molecular complexity index is 1440. The van der Waals surface area contributed by atoms with Gasteiger partial charge in [-0.3, -0.25) is 9.80 Å². The number of nitrogens with zero attached hydrogens (tertiary/aromatic N) is 7. The van der Waals surface area contributed by atoms with E-state index in [4.69, 9.17) is 27.9 Å². The second-order valence-electron chi connectivity index (χ2n) is 15.4. The van der Waals surface area contributed by atoms with E-state index in [1.165, 1.54) is 5.56 Å². The highest BCUT2D eigenvalue weighted by molar-refractivity contribution is 6.32. The summed E-state index contributed by atoms with van der Waals surface area (Å²) in [5.41, 5.74) is 3.60. The summed E-state index contributed by atoms with van der Waals surface area (Å²) in [5, 5.41) is 4.39. The second-order valence-corrected chi connectivity index (χ2v) is 16.1. The van der Waals surface area contributed by atoms with Crippen molar-refractivity contribution in [1.29, 1.82) is 0 Å². The van der Waals surface area contributed by atoms with Crippen LogP contribution in [-0.2, 0) is 17.8 Å². The van der Waals surface area contributed by atoms with Crippen LogP contribution in [0.5, 0.6) is 0 Å². The lowest BCUT2D eigenvalue weighted by molar-refractivity contribution is 0.00459. The molecule has 51 heavy (non-hydrogen) atoms. The number of carbonyl (C=O) groups is 1. The maximum Gasteiger partial charge on any atom is 0.410 e. The fourth-order valence-corrected chi connectivity index (χ4v) is 7.51. The molecule has 2 aromatic heterocycles. The lowest BCUT2D eigenvalue weighted by Crippen LogP contribution is -2.54. The van der Waals surface area contributed by atoms with Crippen molar-refractivity contribution in [2.24, 2.45) is 0 Å². The highest BCUT2D eigenvalue weighted by Crippen LogP contribution is 2.30. The van der Waals surface area contributed by atoms with E-state index < -0.39 is 17.9 Å². The molecule has 4 aliphatic heterocycles. The van der Waals surface area contributed by atoms with Crippen LogP contribution in [0.4, 0.5) is 25.0 Å². The molecule has 0 aromatic carbocycles. The molecule has 4 fully saturated rings. The van der Waals surface area contributed by atoms with Gasteiger partial charge in [-0.25, -0.2) is 23.5 Å². The number of ether oxygens (including phenoxy) is 1. The molecule has 0 aliphatic carbocycles. The Morgan fingerprint density at radius 1 is 0.804 bits per heavy atom. The molecule has 0 unspecified atom stereocenters. The smallest absolute Gasteiger partial charge is 0.410 e. The molecule has 4 aliphatic rings. The monoisotopic (exact) mass is 752 g/mol. The number of rotatable bonds is 6. The molecular weight excluding hydrogens is 697 g/mol. The van der Waals surface area contributed by atoms with E-state index in [-0.39, 0.29) is 12.1 Å². The molecule has 0 radical (unpaired) electrons. The zero-order valence-corrected chi connectivity index (χ0v) is 32.4. The Labute approximate surface area is 312 Å². The van der Waals surface area contributed by atoms with Crippen LogP contribution in [0.2, 0.25) is 10.3 Å². The van der Waals surface area contributed by atoms with Crippen molar-refractivity contribution in [3.05, 3.63) is 46.0 Å². The van der Waals surface area contributed by atoms with Crippen LogP contribution in [0.1, 0.15) is 71.4 Å². The van der Waals surface area contributed by atoms with Gasteiger partial charge in [0.05, 0.1) is 11.4 Å². The average Bonchev–Trinajstić information content (AvgIpc) is 3.09. The first-order valence-corrected chi connectivity index (χ1v) is 19.2. The van der Waals surface area contributed by atoms with E-state index >= 15 is 0 Å². The molecule has 14 heteroatoms. The predicted molar refractivity (Wildman–Crippen MR) is 202 cm³/mol. The largest absolute Gasteiger partial charge is 0.444 e. The quantitative estimate of drug-likeness (QED) is 0.330. The summed E-state index contributed by atoms with van der Waals surface area (Å²) >= 11 is 12.6. The van der Waals surface area contributed by atoms with Gasteiger partial charge in [0.2, 0.25) is 0 Å². The van der Waals surface area contributed by atoms with Crippen molar-refractivity contribution in [3.63, 3.8) is 0 Å². The topological polar surface area (TPSA) is 80.3 Å². The summed E-state index contributed by atoms with van der Waals surface area (Å²) in [4.78, 5) is 31.9. The Morgan fingerprint density at radius 3 is 1.75 bits per heavy atom. The normalized spacial score (nSPS) is 23.2. The number of aromatic nitrogens is 2. The van der Waals surface area contributed by atoms with Crippen LogP contribution in [0.15, 0.2) is 24.5 Å². The van der Waals surface area contributed by atoms with Crippen LogP contribution in [0.3, 0.4) is 0 Å². The van der Waals surface area contributed by atoms with Crippen molar-refractivity contribution in [2.45, 2.75) is 103 Å². The number of hydrogen-bond acceptors (Lipinski definition) is 9. The minimum absolute atomic E-state index is 0.206.